The summed E-state index contributed by atoms with van der Waals surface area (Å²) in [5, 5.41) is 9.35. The molecule has 0 amide bonds. The van der Waals surface area contributed by atoms with Gasteiger partial charge in [0.05, 0.1) is 23.7 Å². The van der Waals surface area contributed by atoms with Gasteiger partial charge >= 0.3 is 12.1 Å². The lowest BCUT2D eigenvalue weighted by atomic mass is 9.89. The Labute approximate surface area is 295 Å². The van der Waals surface area contributed by atoms with Crippen LogP contribution in [0.3, 0.4) is 0 Å². The summed E-state index contributed by atoms with van der Waals surface area (Å²) in [6.45, 7) is 25.2. The minimum Gasteiger partial charge on any atom is -0.491 e. The van der Waals surface area contributed by atoms with Crippen LogP contribution in [0.4, 0.5) is 13.2 Å². The van der Waals surface area contributed by atoms with E-state index < -0.39 is 46.4 Å². The van der Waals surface area contributed by atoms with E-state index in [0.29, 0.717) is 25.7 Å². The van der Waals surface area contributed by atoms with Crippen LogP contribution in [0.15, 0.2) is 48.6 Å². The first-order valence-electron chi connectivity index (χ1n) is 17.5. The molecule has 5 atom stereocenters. The number of rotatable bonds is 16. The predicted octanol–water partition coefficient (Wildman–Crippen LogP) is 10.7. The van der Waals surface area contributed by atoms with Crippen LogP contribution in [0, 0.1) is 23.7 Å². The van der Waals surface area contributed by atoms with Crippen molar-refractivity contribution in [3.8, 4) is 5.75 Å². The third-order valence-electron chi connectivity index (χ3n) is 10.7. The highest BCUT2D eigenvalue weighted by Crippen LogP contribution is 2.43. The molecule has 0 bridgehead atoms. The number of allylic oxidation sites excluding steroid dienone is 2. The maximum atomic E-state index is 13.6. The highest BCUT2D eigenvalue weighted by atomic mass is 28.4. The van der Waals surface area contributed by atoms with Gasteiger partial charge in [0, 0.05) is 18.3 Å². The van der Waals surface area contributed by atoms with Gasteiger partial charge in [0.2, 0.25) is 0 Å². The highest BCUT2D eigenvalue weighted by Gasteiger charge is 2.47. The standard InChI is InChI=1S/C38H61F3O6Si2/c1-26(2)30(35(43)44)19-14-13-15-20-31-32(34(24-33(31)42)47-49(11,12)37(6,7)8)22-21-29(46-48(9,10)36(3,4)5)25-45-28-18-16-17-27(23-28)38(39,40)41/h13,15-18,21-23,26,29-32,34H,14,19-20,24-25H2,1-12H3,(H,43,44)/t29-,30?,31-,32-,34-/m1/s1. The van der Waals surface area contributed by atoms with Gasteiger partial charge in [0.15, 0.2) is 16.6 Å². The molecule has 0 aromatic heterocycles. The molecule has 0 saturated heterocycles. The van der Waals surface area contributed by atoms with Gasteiger partial charge in [-0.3, -0.25) is 9.59 Å². The molecule has 1 N–H and O–H groups in total. The molecule has 1 aromatic carbocycles. The lowest BCUT2D eigenvalue weighted by Gasteiger charge is -2.40. The molecular formula is C38H61F3O6Si2. The van der Waals surface area contributed by atoms with Crippen LogP contribution in [-0.2, 0) is 24.6 Å². The topological polar surface area (TPSA) is 82.1 Å². The van der Waals surface area contributed by atoms with E-state index in [2.05, 4.69) is 67.7 Å². The molecular weight excluding hydrogens is 666 g/mol. The zero-order valence-corrected chi connectivity index (χ0v) is 33.7. The maximum absolute atomic E-state index is 13.6. The van der Waals surface area contributed by atoms with Crippen molar-refractivity contribution in [2.45, 2.75) is 136 Å². The van der Waals surface area contributed by atoms with Gasteiger partial charge in [0.25, 0.3) is 0 Å². The lowest BCUT2D eigenvalue weighted by Crippen LogP contribution is -2.45. The zero-order valence-electron chi connectivity index (χ0n) is 31.7. The first kappa shape index (κ1) is 42.9. The van der Waals surface area contributed by atoms with Gasteiger partial charge in [0.1, 0.15) is 18.1 Å². The number of alkyl halides is 3. The van der Waals surface area contributed by atoms with Gasteiger partial charge < -0.3 is 18.7 Å². The summed E-state index contributed by atoms with van der Waals surface area (Å²) in [7, 11) is -4.60. The van der Waals surface area contributed by atoms with Crippen molar-refractivity contribution in [3.05, 3.63) is 54.1 Å². The van der Waals surface area contributed by atoms with Crippen molar-refractivity contribution < 1.29 is 41.5 Å². The van der Waals surface area contributed by atoms with E-state index in [1.54, 1.807) is 0 Å². The molecule has 0 heterocycles. The zero-order chi connectivity index (χ0) is 37.6. The minimum atomic E-state index is -4.49. The average molecular weight is 727 g/mol. The number of carbonyl (C=O) groups excluding carboxylic acids is 1. The summed E-state index contributed by atoms with van der Waals surface area (Å²) >= 11 is 0. The molecule has 0 spiro atoms. The SMILES string of the molecule is CC(C)C(CCC=CC[C@H]1C(=O)C[C@@H](O[Si](C)(C)C(C)(C)C)[C@@H]1C=C[C@H](COc1cccc(C(F)(F)F)c1)O[Si](C)(C)C(C)(C)C)C(=O)O. The third kappa shape index (κ3) is 12.5. The van der Waals surface area contributed by atoms with Crippen molar-refractivity contribution in [1.82, 2.24) is 0 Å². The van der Waals surface area contributed by atoms with Crippen LogP contribution in [0.1, 0.15) is 86.6 Å². The molecule has 2 rings (SSSR count). The van der Waals surface area contributed by atoms with Crippen molar-refractivity contribution in [2.75, 3.05) is 6.61 Å². The lowest BCUT2D eigenvalue weighted by molar-refractivity contribution is -0.143. The number of carboxylic acid groups (broad SMARTS) is 1. The van der Waals surface area contributed by atoms with Crippen LogP contribution >= 0.6 is 0 Å². The second kappa shape index (κ2) is 16.9. The Kier molecular flexibility index (Phi) is 14.8. The second-order valence-electron chi connectivity index (χ2n) is 16.9. The molecule has 6 nitrogen and oxygen atoms in total. The number of ether oxygens (including phenoxy) is 1. The minimum absolute atomic E-state index is 0.00388. The summed E-state index contributed by atoms with van der Waals surface area (Å²) in [6.07, 6.45) is 4.43. The number of Topliss-reactive ketones (excluding diaryl/α,β-unsaturated/α-hetero) is 1. The number of benzene rings is 1. The number of hydrogen-bond donors (Lipinski definition) is 1. The van der Waals surface area contributed by atoms with Crippen molar-refractivity contribution >= 4 is 28.4 Å². The Morgan fingerprint density at radius 3 is 2.14 bits per heavy atom. The Bertz CT molecular complexity index is 1310. The third-order valence-corrected chi connectivity index (χ3v) is 19.7. The molecule has 1 aliphatic rings. The summed E-state index contributed by atoms with van der Waals surface area (Å²) in [5.41, 5.74) is -0.781. The molecule has 1 aromatic rings. The summed E-state index contributed by atoms with van der Waals surface area (Å²) in [4.78, 5) is 25.2. The quantitative estimate of drug-likeness (QED) is 0.135. The van der Waals surface area contributed by atoms with Crippen molar-refractivity contribution in [2.24, 2.45) is 23.7 Å². The molecule has 1 aliphatic carbocycles. The molecule has 0 aliphatic heterocycles. The maximum Gasteiger partial charge on any atom is 0.416 e. The van der Waals surface area contributed by atoms with E-state index >= 15 is 0 Å². The van der Waals surface area contributed by atoms with E-state index in [0.717, 1.165) is 12.1 Å². The van der Waals surface area contributed by atoms with E-state index in [1.165, 1.54) is 12.1 Å². The first-order chi connectivity index (χ1) is 22.3. The van der Waals surface area contributed by atoms with E-state index in [-0.39, 0.29) is 52.1 Å². The Balaban J connectivity index is 2.42. The largest absolute Gasteiger partial charge is 0.491 e. The van der Waals surface area contributed by atoms with Gasteiger partial charge in [-0.15, -0.1) is 0 Å². The summed E-state index contributed by atoms with van der Waals surface area (Å²) in [5.74, 6) is -1.54. The number of carboxylic acids is 1. The van der Waals surface area contributed by atoms with Crippen LogP contribution in [0.25, 0.3) is 0 Å². The van der Waals surface area contributed by atoms with Crippen molar-refractivity contribution in [3.63, 3.8) is 0 Å². The normalized spacial score (nSPS) is 21.2. The number of ketones is 1. The Morgan fingerprint density at radius 1 is 1.00 bits per heavy atom. The fourth-order valence-corrected chi connectivity index (χ4v) is 8.04. The van der Waals surface area contributed by atoms with Crippen molar-refractivity contribution in [1.29, 1.82) is 0 Å². The van der Waals surface area contributed by atoms with Gasteiger partial charge in [-0.2, -0.15) is 13.2 Å². The van der Waals surface area contributed by atoms with E-state index in [9.17, 15) is 27.9 Å². The molecule has 0 radical (unpaired) electrons. The molecule has 278 valence electrons. The molecule has 1 fully saturated rings. The first-order valence-corrected chi connectivity index (χ1v) is 23.3. The number of aliphatic carboxylic acids is 1. The fourth-order valence-electron chi connectivity index (χ4n) is 5.44. The Hall–Kier alpha value is -2.22. The van der Waals surface area contributed by atoms with Crippen LogP contribution < -0.4 is 4.74 Å². The number of halogens is 3. The van der Waals surface area contributed by atoms with Gasteiger partial charge in [-0.25, -0.2) is 0 Å². The van der Waals surface area contributed by atoms with Crippen LogP contribution in [-0.4, -0.2) is 52.3 Å². The molecule has 49 heavy (non-hydrogen) atoms. The highest BCUT2D eigenvalue weighted by molar-refractivity contribution is 6.74. The summed E-state index contributed by atoms with van der Waals surface area (Å²) in [6, 6.07) is 4.84. The van der Waals surface area contributed by atoms with Crippen LogP contribution in [0.5, 0.6) is 5.75 Å². The predicted molar refractivity (Wildman–Crippen MR) is 196 cm³/mol. The van der Waals surface area contributed by atoms with Gasteiger partial charge in [-0.05, 0) is 79.6 Å². The van der Waals surface area contributed by atoms with Crippen LogP contribution in [0.2, 0.25) is 36.3 Å². The average Bonchev–Trinajstić information content (AvgIpc) is 3.22. The van der Waals surface area contributed by atoms with E-state index in [4.69, 9.17) is 13.6 Å². The number of hydrogen-bond acceptors (Lipinski definition) is 5. The Morgan fingerprint density at radius 2 is 1.61 bits per heavy atom. The number of carbonyl (C=O) groups is 2. The monoisotopic (exact) mass is 726 g/mol. The second-order valence-corrected chi connectivity index (χ2v) is 26.4. The summed E-state index contributed by atoms with van der Waals surface area (Å²) < 4.78 is 59.7. The smallest absolute Gasteiger partial charge is 0.416 e. The van der Waals surface area contributed by atoms with Gasteiger partial charge in [-0.1, -0.05) is 85.8 Å². The van der Waals surface area contributed by atoms with E-state index in [1.807, 2.05) is 38.2 Å². The molecule has 1 unspecified atom stereocenters. The fraction of sp³-hybridized carbons (Fsp3) is 0.684. The molecule has 11 heteroatoms. The molecule has 1 saturated carbocycles.